The van der Waals surface area contributed by atoms with Gasteiger partial charge in [0.25, 0.3) is 5.91 Å². The van der Waals surface area contributed by atoms with Gasteiger partial charge >= 0.3 is 0 Å². The molecule has 1 atom stereocenters. The second kappa shape index (κ2) is 11.2. The molecule has 36 heavy (non-hydrogen) atoms. The first-order chi connectivity index (χ1) is 17.6. The molecule has 0 bridgehead atoms. The van der Waals surface area contributed by atoms with Gasteiger partial charge in [-0.05, 0) is 49.4 Å². The molecule has 2 aromatic rings. The van der Waals surface area contributed by atoms with Gasteiger partial charge in [-0.25, -0.2) is 0 Å². The van der Waals surface area contributed by atoms with E-state index in [2.05, 4.69) is 16.7 Å². The number of amides is 2. The lowest BCUT2D eigenvalue weighted by Crippen LogP contribution is -2.61. The van der Waals surface area contributed by atoms with E-state index in [1.165, 1.54) is 5.56 Å². The van der Waals surface area contributed by atoms with Crippen LogP contribution in [-0.4, -0.2) is 74.9 Å². The number of anilines is 1. The first kappa shape index (κ1) is 24.4. The maximum absolute atomic E-state index is 13.3. The van der Waals surface area contributed by atoms with E-state index < -0.39 is 5.60 Å². The van der Waals surface area contributed by atoms with E-state index in [1.807, 2.05) is 23.1 Å². The van der Waals surface area contributed by atoms with Crippen molar-refractivity contribution in [1.82, 2.24) is 10.2 Å². The number of nitrogens with one attached hydrogen (secondary N) is 2. The number of aryl methyl sites for hydroxylation is 1. The van der Waals surface area contributed by atoms with Crippen LogP contribution in [0.1, 0.15) is 24.8 Å². The molecule has 9 nitrogen and oxygen atoms in total. The van der Waals surface area contributed by atoms with Gasteiger partial charge in [0.2, 0.25) is 5.91 Å². The minimum Gasteiger partial charge on any atom is -0.491 e. The quantitative estimate of drug-likeness (QED) is 0.675. The molecule has 3 aliphatic heterocycles. The lowest BCUT2D eigenvalue weighted by molar-refractivity contribution is -0.163. The number of nitrogens with zero attached hydrogens (tertiary/aromatic N) is 1. The summed E-state index contributed by atoms with van der Waals surface area (Å²) in [5.74, 6) is 1.89. The topological polar surface area (TPSA) is 98.4 Å². The monoisotopic (exact) mass is 495 g/mol. The number of carbonyl (C=O) groups is 2. The predicted molar refractivity (Wildman–Crippen MR) is 134 cm³/mol. The molecule has 5 rings (SSSR count). The van der Waals surface area contributed by atoms with E-state index in [1.54, 1.807) is 18.2 Å². The number of hydrogen-bond acceptors (Lipinski definition) is 7. The van der Waals surface area contributed by atoms with Crippen LogP contribution in [0.2, 0.25) is 0 Å². The number of morpholine rings is 1. The SMILES string of the molecule is O=C(CN1CCOC2(CCCCc3ccccc3OCCNC2=O)C1)Nc1ccc2c(c1)OCCO2. The largest absolute Gasteiger partial charge is 0.491 e. The Morgan fingerprint density at radius 2 is 1.81 bits per heavy atom. The summed E-state index contributed by atoms with van der Waals surface area (Å²) in [5, 5.41) is 5.93. The zero-order valence-corrected chi connectivity index (χ0v) is 20.4. The fraction of sp³-hybridized carbons (Fsp3) is 0.481. The summed E-state index contributed by atoms with van der Waals surface area (Å²) in [4.78, 5) is 28.1. The van der Waals surface area contributed by atoms with Crippen molar-refractivity contribution in [3.05, 3.63) is 48.0 Å². The average Bonchev–Trinajstić information content (AvgIpc) is 2.89. The summed E-state index contributed by atoms with van der Waals surface area (Å²) in [6.45, 7) is 3.30. The predicted octanol–water partition coefficient (Wildman–Crippen LogP) is 2.39. The fourth-order valence-electron chi connectivity index (χ4n) is 4.98. The molecule has 1 unspecified atom stereocenters. The molecule has 1 fully saturated rings. The van der Waals surface area contributed by atoms with Crippen molar-refractivity contribution in [3.63, 3.8) is 0 Å². The van der Waals surface area contributed by atoms with E-state index in [-0.39, 0.29) is 18.4 Å². The highest BCUT2D eigenvalue weighted by Gasteiger charge is 2.43. The first-order valence-corrected chi connectivity index (χ1v) is 12.7. The molecule has 1 spiro atoms. The molecule has 9 heteroatoms. The van der Waals surface area contributed by atoms with Crippen LogP contribution in [0.25, 0.3) is 0 Å². The normalized spacial score (nSPS) is 22.8. The van der Waals surface area contributed by atoms with Crippen LogP contribution in [0.3, 0.4) is 0 Å². The van der Waals surface area contributed by atoms with Crippen molar-refractivity contribution in [1.29, 1.82) is 0 Å². The maximum atomic E-state index is 13.3. The van der Waals surface area contributed by atoms with E-state index in [9.17, 15) is 9.59 Å². The molecule has 3 aliphatic rings. The van der Waals surface area contributed by atoms with Crippen LogP contribution in [-0.2, 0) is 20.7 Å². The van der Waals surface area contributed by atoms with Crippen LogP contribution in [0.5, 0.6) is 17.2 Å². The number of carbonyl (C=O) groups excluding carboxylic acids is 2. The molecule has 2 amide bonds. The van der Waals surface area contributed by atoms with Gasteiger partial charge in [-0.1, -0.05) is 18.2 Å². The lowest BCUT2D eigenvalue weighted by Gasteiger charge is -2.41. The molecule has 2 N–H and O–H groups in total. The number of ether oxygens (including phenoxy) is 4. The standard InChI is InChI=1S/C27H33N3O6/c31-25(29-21-8-9-23-24(17-21)35-16-15-34-23)18-30-12-14-36-27(19-30)10-4-3-6-20-5-1-2-7-22(20)33-13-11-28-26(27)32/h1-2,5,7-9,17H,3-4,6,10-16,18-19H2,(H,28,32)(H,29,31). The van der Waals surface area contributed by atoms with Gasteiger partial charge in [0, 0.05) is 24.8 Å². The van der Waals surface area contributed by atoms with Crippen molar-refractivity contribution in [2.45, 2.75) is 31.3 Å². The Bertz CT molecular complexity index is 1090. The zero-order chi connectivity index (χ0) is 24.8. The van der Waals surface area contributed by atoms with Gasteiger partial charge in [0.05, 0.1) is 19.7 Å². The third-order valence-electron chi connectivity index (χ3n) is 6.77. The van der Waals surface area contributed by atoms with E-state index in [4.69, 9.17) is 18.9 Å². The van der Waals surface area contributed by atoms with Crippen LogP contribution in [0.4, 0.5) is 5.69 Å². The summed E-state index contributed by atoms with van der Waals surface area (Å²) >= 11 is 0. The van der Waals surface area contributed by atoms with Gasteiger partial charge in [-0.2, -0.15) is 0 Å². The summed E-state index contributed by atoms with van der Waals surface area (Å²) in [6.07, 6.45) is 3.24. The van der Waals surface area contributed by atoms with Crippen LogP contribution in [0.15, 0.2) is 42.5 Å². The first-order valence-electron chi connectivity index (χ1n) is 12.7. The number of rotatable bonds is 3. The highest BCUT2D eigenvalue weighted by Crippen LogP contribution is 2.33. The third-order valence-corrected chi connectivity index (χ3v) is 6.77. The van der Waals surface area contributed by atoms with Crippen molar-refractivity contribution in [2.75, 3.05) is 57.9 Å². The number of benzene rings is 2. The fourth-order valence-corrected chi connectivity index (χ4v) is 4.98. The van der Waals surface area contributed by atoms with Crippen molar-refractivity contribution in [3.8, 4) is 17.2 Å². The highest BCUT2D eigenvalue weighted by molar-refractivity contribution is 5.93. The second-order valence-corrected chi connectivity index (χ2v) is 9.38. The number of fused-ring (bicyclic) bond motifs is 2. The van der Waals surface area contributed by atoms with Crippen LogP contribution < -0.4 is 24.8 Å². The zero-order valence-electron chi connectivity index (χ0n) is 20.4. The molecule has 0 saturated carbocycles. The Labute approximate surface area is 211 Å². The van der Waals surface area contributed by atoms with Crippen molar-refractivity contribution < 1.29 is 28.5 Å². The molecule has 1 saturated heterocycles. The lowest BCUT2D eigenvalue weighted by atomic mass is 9.91. The Morgan fingerprint density at radius 1 is 0.972 bits per heavy atom. The Balaban J connectivity index is 1.21. The van der Waals surface area contributed by atoms with Crippen LogP contribution >= 0.6 is 0 Å². The number of para-hydroxylation sites is 1. The van der Waals surface area contributed by atoms with Crippen molar-refractivity contribution in [2.24, 2.45) is 0 Å². The van der Waals surface area contributed by atoms with Gasteiger partial charge in [-0.15, -0.1) is 0 Å². The molecular weight excluding hydrogens is 462 g/mol. The second-order valence-electron chi connectivity index (χ2n) is 9.38. The van der Waals surface area contributed by atoms with E-state index >= 15 is 0 Å². The third kappa shape index (κ3) is 5.74. The molecule has 0 radical (unpaired) electrons. The molecular formula is C27H33N3O6. The molecule has 192 valence electrons. The van der Waals surface area contributed by atoms with Gasteiger partial charge in [0.15, 0.2) is 17.1 Å². The van der Waals surface area contributed by atoms with Gasteiger partial charge < -0.3 is 29.6 Å². The number of hydrogen-bond donors (Lipinski definition) is 2. The molecule has 3 heterocycles. The van der Waals surface area contributed by atoms with Gasteiger partial charge in [0.1, 0.15) is 25.6 Å². The maximum Gasteiger partial charge on any atom is 0.253 e. The van der Waals surface area contributed by atoms with Crippen molar-refractivity contribution >= 4 is 17.5 Å². The summed E-state index contributed by atoms with van der Waals surface area (Å²) in [6, 6.07) is 13.4. The average molecular weight is 496 g/mol. The Hall–Kier alpha value is -3.30. The smallest absolute Gasteiger partial charge is 0.253 e. The molecule has 0 aliphatic carbocycles. The highest BCUT2D eigenvalue weighted by atomic mass is 16.6. The van der Waals surface area contributed by atoms with E-state index in [0.717, 1.165) is 25.0 Å². The van der Waals surface area contributed by atoms with Crippen LogP contribution in [0, 0.1) is 0 Å². The Kier molecular flexibility index (Phi) is 7.58. The summed E-state index contributed by atoms with van der Waals surface area (Å²) < 4.78 is 23.2. The summed E-state index contributed by atoms with van der Waals surface area (Å²) in [7, 11) is 0. The summed E-state index contributed by atoms with van der Waals surface area (Å²) in [5.41, 5.74) is 0.852. The van der Waals surface area contributed by atoms with E-state index in [0.29, 0.717) is 69.7 Å². The Morgan fingerprint density at radius 3 is 2.72 bits per heavy atom. The molecule has 0 aromatic heterocycles. The van der Waals surface area contributed by atoms with Gasteiger partial charge in [-0.3, -0.25) is 14.5 Å². The molecule has 2 aromatic carbocycles. The minimum atomic E-state index is -0.978. The minimum absolute atomic E-state index is 0.142.